The molecule has 2 amide bonds. The number of nitrogens with zero attached hydrogens (tertiary/aromatic N) is 1. The highest BCUT2D eigenvalue weighted by Gasteiger charge is 2.30. The summed E-state index contributed by atoms with van der Waals surface area (Å²) in [7, 11) is 0. The highest BCUT2D eigenvalue weighted by Crippen LogP contribution is 2.30. The van der Waals surface area contributed by atoms with E-state index in [2.05, 4.69) is 20.9 Å². The second-order valence-electron chi connectivity index (χ2n) is 7.41. The SMILES string of the molecule is CC(C)Nc1ccc(NC(=O)c2cc(NC(=O)c3cccc(C(F)(F)F)c3)ccc2Cl)cn1. The summed E-state index contributed by atoms with van der Waals surface area (Å²) in [4.78, 5) is 29.3. The van der Waals surface area contributed by atoms with Gasteiger partial charge in [0.1, 0.15) is 5.82 Å². The maximum atomic E-state index is 12.9. The number of hydrogen-bond donors (Lipinski definition) is 3. The summed E-state index contributed by atoms with van der Waals surface area (Å²) in [5, 5.41) is 8.41. The number of aromatic nitrogens is 1. The van der Waals surface area contributed by atoms with Crippen LogP contribution in [0, 0.1) is 0 Å². The summed E-state index contributed by atoms with van der Waals surface area (Å²) >= 11 is 6.14. The largest absolute Gasteiger partial charge is 0.416 e. The van der Waals surface area contributed by atoms with Gasteiger partial charge in [-0.1, -0.05) is 17.7 Å². The fraction of sp³-hybridized carbons (Fsp3) is 0.174. The van der Waals surface area contributed by atoms with E-state index in [0.717, 1.165) is 18.2 Å². The lowest BCUT2D eigenvalue weighted by atomic mass is 10.1. The Hall–Kier alpha value is -3.59. The van der Waals surface area contributed by atoms with Crippen LogP contribution in [0.1, 0.15) is 40.1 Å². The van der Waals surface area contributed by atoms with Crippen LogP contribution in [0.2, 0.25) is 5.02 Å². The zero-order valence-corrected chi connectivity index (χ0v) is 18.4. The Morgan fingerprint density at radius 1 is 0.939 bits per heavy atom. The molecule has 2 aromatic carbocycles. The van der Waals surface area contributed by atoms with Crippen LogP contribution in [0.25, 0.3) is 0 Å². The molecule has 0 aliphatic rings. The highest BCUT2D eigenvalue weighted by atomic mass is 35.5. The summed E-state index contributed by atoms with van der Waals surface area (Å²) in [6.07, 6.45) is -3.09. The van der Waals surface area contributed by atoms with Gasteiger partial charge in [-0.2, -0.15) is 13.2 Å². The first kappa shape index (κ1) is 24.1. The van der Waals surface area contributed by atoms with Crippen molar-refractivity contribution in [3.8, 4) is 0 Å². The van der Waals surface area contributed by atoms with Crippen LogP contribution < -0.4 is 16.0 Å². The van der Waals surface area contributed by atoms with Crippen molar-refractivity contribution in [1.29, 1.82) is 0 Å². The number of halogens is 4. The second-order valence-corrected chi connectivity index (χ2v) is 7.82. The summed E-state index contributed by atoms with van der Waals surface area (Å²) in [6, 6.07) is 11.8. The Morgan fingerprint density at radius 3 is 2.27 bits per heavy atom. The maximum absolute atomic E-state index is 12.9. The van der Waals surface area contributed by atoms with Crippen molar-refractivity contribution >= 4 is 40.6 Å². The lowest BCUT2D eigenvalue weighted by molar-refractivity contribution is -0.137. The van der Waals surface area contributed by atoms with Crippen molar-refractivity contribution < 1.29 is 22.8 Å². The molecule has 0 saturated carbocycles. The number of carbonyl (C=O) groups excluding carboxylic acids is 2. The predicted octanol–water partition coefficient (Wildman–Crippen LogP) is 6.08. The number of anilines is 3. The van der Waals surface area contributed by atoms with Gasteiger partial charge in [0.2, 0.25) is 0 Å². The van der Waals surface area contributed by atoms with Gasteiger partial charge in [-0.15, -0.1) is 0 Å². The zero-order chi connectivity index (χ0) is 24.2. The van der Waals surface area contributed by atoms with E-state index in [1.165, 1.54) is 30.5 Å². The van der Waals surface area contributed by atoms with Crippen molar-refractivity contribution in [2.45, 2.75) is 26.1 Å². The van der Waals surface area contributed by atoms with E-state index in [1.54, 1.807) is 12.1 Å². The average molecular weight is 477 g/mol. The third-order valence-corrected chi connectivity index (χ3v) is 4.71. The van der Waals surface area contributed by atoms with E-state index >= 15 is 0 Å². The summed E-state index contributed by atoms with van der Waals surface area (Å²) in [6.45, 7) is 3.94. The highest BCUT2D eigenvalue weighted by molar-refractivity contribution is 6.34. The minimum Gasteiger partial charge on any atom is -0.368 e. The normalized spacial score (nSPS) is 11.2. The van der Waals surface area contributed by atoms with Gasteiger partial charge < -0.3 is 16.0 Å². The minimum absolute atomic E-state index is 0.0721. The fourth-order valence-corrected chi connectivity index (χ4v) is 3.07. The standard InChI is InChI=1S/C23H20ClF3N4O2/c1-13(2)29-20-9-7-17(12-28-20)31-22(33)18-11-16(6-8-19(18)24)30-21(32)14-4-3-5-15(10-14)23(25,26)27/h3-13H,1-2H3,(H,28,29)(H,30,32)(H,31,33). The van der Waals surface area contributed by atoms with Gasteiger partial charge in [0, 0.05) is 17.3 Å². The molecule has 1 heterocycles. The second kappa shape index (κ2) is 9.91. The molecule has 3 N–H and O–H groups in total. The first-order chi connectivity index (χ1) is 15.5. The minimum atomic E-state index is -4.57. The quantitative estimate of drug-likeness (QED) is 0.402. The number of benzene rings is 2. The third-order valence-electron chi connectivity index (χ3n) is 4.38. The van der Waals surface area contributed by atoms with E-state index in [0.29, 0.717) is 11.5 Å². The topological polar surface area (TPSA) is 83.1 Å². The molecule has 3 aromatic rings. The fourth-order valence-electron chi connectivity index (χ4n) is 2.86. The summed E-state index contributed by atoms with van der Waals surface area (Å²) < 4.78 is 38.7. The molecule has 0 spiro atoms. The number of hydrogen-bond acceptors (Lipinski definition) is 4. The van der Waals surface area contributed by atoms with Gasteiger partial charge in [0.05, 0.1) is 28.0 Å². The van der Waals surface area contributed by atoms with Gasteiger partial charge in [-0.25, -0.2) is 4.98 Å². The maximum Gasteiger partial charge on any atom is 0.416 e. The molecule has 172 valence electrons. The van der Waals surface area contributed by atoms with E-state index in [9.17, 15) is 22.8 Å². The number of carbonyl (C=O) groups is 2. The molecule has 0 aliphatic heterocycles. The molecular weight excluding hydrogens is 457 g/mol. The van der Waals surface area contributed by atoms with Crippen LogP contribution in [0.15, 0.2) is 60.8 Å². The molecule has 0 atom stereocenters. The van der Waals surface area contributed by atoms with E-state index in [-0.39, 0.29) is 27.9 Å². The van der Waals surface area contributed by atoms with Crippen LogP contribution >= 0.6 is 11.6 Å². The number of rotatable bonds is 6. The Labute approximate surface area is 193 Å². The summed E-state index contributed by atoms with van der Waals surface area (Å²) in [5.41, 5.74) is -0.408. The van der Waals surface area contributed by atoms with Gasteiger partial charge >= 0.3 is 6.18 Å². The van der Waals surface area contributed by atoms with Gasteiger partial charge in [0.25, 0.3) is 11.8 Å². The molecule has 3 rings (SSSR count). The number of nitrogens with one attached hydrogen (secondary N) is 3. The van der Waals surface area contributed by atoms with Crippen molar-refractivity contribution in [1.82, 2.24) is 4.98 Å². The molecule has 0 fully saturated rings. The molecule has 0 unspecified atom stereocenters. The smallest absolute Gasteiger partial charge is 0.368 e. The molecule has 6 nitrogen and oxygen atoms in total. The molecule has 0 aliphatic carbocycles. The first-order valence-corrected chi connectivity index (χ1v) is 10.2. The predicted molar refractivity (Wildman–Crippen MR) is 122 cm³/mol. The Morgan fingerprint density at radius 2 is 1.64 bits per heavy atom. The van der Waals surface area contributed by atoms with Crippen molar-refractivity contribution in [3.05, 3.63) is 82.5 Å². The molecule has 1 aromatic heterocycles. The van der Waals surface area contributed by atoms with Crippen LogP contribution in [-0.4, -0.2) is 22.8 Å². The van der Waals surface area contributed by atoms with Gasteiger partial charge in [-0.05, 0) is 62.4 Å². The van der Waals surface area contributed by atoms with Crippen LogP contribution in [0.5, 0.6) is 0 Å². The number of pyridine rings is 1. The van der Waals surface area contributed by atoms with Crippen molar-refractivity contribution in [2.75, 3.05) is 16.0 Å². The Bertz CT molecular complexity index is 1170. The van der Waals surface area contributed by atoms with Gasteiger partial charge in [0.15, 0.2) is 0 Å². The van der Waals surface area contributed by atoms with Crippen LogP contribution in [0.4, 0.5) is 30.4 Å². The molecule has 0 saturated heterocycles. The lowest BCUT2D eigenvalue weighted by Gasteiger charge is -2.12. The molecule has 0 radical (unpaired) electrons. The Balaban J connectivity index is 1.74. The molecular formula is C23H20ClF3N4O2. The van der Waals surface area contributed by atoms with Crippen molar-refractivity contribution in [2.24, 2.45) is 0 Å². The van der Waals surface area contributed by atoms with Gasteiger partial charge in [-0.3, -0.25) is 9.59 Å². The van der Waals surface area contributed by atoms with Crippen molar-refractivity contribution in [3.63, 3.8) is 0 Å². The molecule has 10 heteroatoms. The molecule has 33 heavy (non-hydrogen) atoms. The van der Waals surface area contributed by atoms with E-state index in [1.807, 2.05) is 13.8 Å². The average Bonchev–Trinajstić information content (AvgIpc) is 2.75. The number of alkyl halides is 3. The number of amides is 2. The van der Waals surface area contributed by atoms with E-state index < -0.39 is 23.6 Å². The first-order valence-electron chi connectivity index (χ1n) is 9.85. The monoisotopic (exact) mass is 476 g/mol. The summed E-state index contributed by atoms with van der Waals surface area (Å²) in [5.74, 6) is -0.644. The lowest BCUT2D eigenvalue weighted by Crippen LogP contribution is -2.16. The molecule has 0 bridgehead atoms. The van der Waals surface area contributed by atoms with Crippen LogP contribution in [0.3, 0.4) is 0 Å². The third kappa shape index (κ3) is 6.45. The Kier molecular flexibility index (Phi) is 7.23. The van der Waals surface area contributed by atoms with E-state index in [4.69, 9.17) is 11.6 Å². The van der Waals surface area contributed by atoms with Crippen LogP contribution in [-0.2, 0) is 6.18 Å². The zero-order valence-electron chi connectivity index (χ0n) is 17.6.